The third-order valence-electron chi connectivity index (χ3n) is 2.05. The highest BCUT2D eigenvalue weighted by atomic mass is 16.5. The molecule has 0 aromatic carbocycles. The molecule has 1 aromatic rings. The lowest BCUT2D eigenvalue weighted by atomic mass is 10.2. The van der Waals surface area contributed by atoms with Gasteiger partial charge in [0.2, 0.25) is 5.89 Å². The largest absolute Gasteiger partial charge is 0.407 e. The molecule has 0 amide bonds. The molecule has 92 valence electrons. The molecule has 0 aliphatic rings. The first-order chi connectivity index (χ1) is 7.67. The Bertz CT molecular complexity index is 301. The minimum atomic E-state index is 0.271. The van der Waals surface area contributed by atoms with E-state index in [1.807, 2.05) is 4.90 Å². The molecule has 1 aromatic heterocycles. The van der Waals surface area contributed by atoms with Gasteiger partial charge in [0.15, 0.2) is 0 Å². The number of ether oxygens (including phenoxy) is 1. The van der Waals surface area contributed by atoms with Crippen molar-refractivity contribution < 1.29 is 9.15 Å². The summed E-state index contributed by atoms with van der Waals surface area (Å²) in [7, 11) is 1.67. The van der Waals surface area contributed by atoms with Crippen molar-refractivity contribution in [2.24, 2.45) is 11.7 Å². The highest BCUT2D eigenvalue weighted by molar-refractivity contribution is 5.23. The zero-order valence-electron chi connectivity index (χ0n) is 10.1. The summed E-state index contributed by atoms with van der Waals surface area (Å²) < 4.78 is 10.5. The molecule has 1 rings (SSSR count). The van der Waals surface area contributed by atoms with Crippen LogP contribution in [-0.2, 0) is 11.3 Å². The van der Waals surface area contributed by atoms with E-state index < -0.39 is 0 Å². The van der Waals surface area contributed by atoms with E-state index in [0.717, 1.165) is 13.1 Å². The minimum absolute atomic E-state index is 0.271. The molecular weight excluding hydrogens is 208 g/mol. The Balaban J connectivity index is 2.66. The van der Waals surface area contributed by atoms with E-state index in [2.05, 4.69) is 24.0 Å². The molecule has 0 atom stereocenters. The predicted molar refractivity (Wildman–Crippen MR) is 61.1 cm³/mol. The zero-order chi connectivity index (χ0) is 12.0. The van der Waals surface area contributed by atoms with Gasteiger partial charge in [-0.3, -0.25) is 0 Å². The van der Waals surface area contributed by atoms with Gasteiger partial charge < -0.3 is 19.8 Å². The van der Waals surface area contributed by atoms with E-state index in [9.17, 15) is 0 Å². The van der Waals surface area contributed by atoms with Crippen LogP contribution < -0.4 is 10.6 Å². The highest BCUT2D eigenvalue weighted by Crippen LogP contribution is 2.13. The Kier molecular flexibility index (Phi) is 5.21. The Morgan fingerprint density at radius 3 is 2.69 bits per heavy atom. The van der Waals surface area contributed by atoms with Crippen LogP contribution in [0.15, 0.2) is 4.42 Å². The number of anilines is 1. The smallest absolute Gasteiger partial charge is 0.318 e. The number of nitrogens with two attached hydrogens (primary N) is 1. The van der Waals surface area contributed by atoms with E-state index in [-0.39, 0.29) is 6.54 Å². The molecule has 16 heavy (non-hydrogen) atoms. The Morgan fingerprint density at radius 2 is 2.19 bits per heavy atom. The van der Waals surface area contributed by atoms with Crippen molar-refractivity contribution in [1.29, 1.82) is 0 Å². The number of nitrogens with zero attached hydrogens (tertiary/aromatic N) is 3. The SMILES string of the molecule is COCCN(CC(C)C)c1nnc(CN)o1. The van der Waals surface area contributed by atoms with Crippen LogP contribution in [0.3, 0.4) is 0 Å². The molecule has 6 nitrogen and oxygen atoms in total. The number of hydrogen-bond donors (Lipinski definition) is 1. The molecule has 0 radical (unpaired) electrons. The normalized spacial score (nSPS) is 11.1. The van der Waals surface area contributed by atoms with Gasteiger partial charge in [-0.15, -0.1) is 5.10 Å². The predicted octanol–water partition coefficient (Wildman–Crippen LogP) is 0.637. The van der Waals surface area contributed by atoms with Gasteiger partial charge in [-0.25, -0.2) is 0 Å². The second kappa shape index (κ2) is 6.44. The number of aromatic nitrogens is 2. The molecule has 0 unspecified atom stereocenters. The van der Waals surface area contributed by atoms with Gasteiger partial charge in [-0.2, -0.15) is 0 Å². The third-order valence-corrected chi connectivity index (χ3v) is 2.05. The average Bonchev–Trinajstić information content (AvgIpc) is 2.72. The lowest BCUT2D eigenvalue weighted by molar-refractivity contribution is 0.203. The van der Waals surface area contributed by atoms with Crippen molar-refractivity contribution in [2.45, 2.75) is 20.4 Å². The molecule has 0 saturated carbocycles. The lowest BCUT2D eigenvalue weighted by Gasteiger charge is -2.21. The minimum Gasteiger partial charge on any atom is -0.407 e. The maximum atomic E-state index is 5.43. The topological polar surface area (TPSA) is 77.4 Å². The van der Waals surface area contributed by atoms with Gasteiger partial charge in [0.1, 0.15) is 0 Å². The molecule has 0 aliphatic heterocycles. The molecule has 0 bridgehead atoms. The fraction of sp³-hybridized carbons (Fsp3) is 0.800. The van der Waals surface area contributed by atoms with E-state index in [1.54, 1.807) is 7.11 Å². The van der Waals surface area contributed by atoms with Crippen molar-refractivity contribution in [3.63, 3.8) is 0 Å². The summed E-state index contributed by atoms with van der Waals surface area (Å²) in [5.41, 5.74) is 5.43. The van der Waals surface area contributed by atoms with Gasteiger partial charge in [-0.1, -0.05) is 18.9 Å². The standard InChI is InChI=1S/C10H20N4O2/c1-8(2)7-14(4-5-15-3)10-13-12-9(6-11)16-10/h8H,4-7,11H2,1-3H3. The summed E-state index contributed by atoms with van der Waals surface area (Å²) in [6, 6.07) is 0.520. The van der Waals surface area contributed by atoms with Gasteiger partial charge in [0, 0.05) is 20.2 Å². The van der Waals surface area contributed by atoms with E-state index in [1.165, 1.54) is 0 Å². The van der Waals surface area contributed by atoms with Crippen molar-refractivity contribution in [1.82, 2.24) is 10.2 Å². The molecular formula is C10H20N4O2. The fourth-order valence-corrected chi connectivity index (χ4v) is 1.36. The van der Waals surface area contributed by atoms with E-state index in [0.29, 0.717) is 24.4 Å². The monoisotopic (exact) mass is 228 g/mol. The summed E-state index contributed by atoms with van der Waals surface area (Å²) in [5, 5.41) is 7.81. The van der Waals surface area contributed by atoms with Crippen LogP contribution in [-0.4, -0.2) is 37.0 Å². The molecule has 1 heterocycles. The fourth-order valence-electron chi connectivity index (χ4n) is 1.36. The Hall–Kier alpha value is -1.14. The summed E-state index contributed by atoms with van der Waals surface area (Å²) >= 11 is 0. The van der Waals surface area contributed by atoms with Gasteiger partial charge in [0.05, 0.1) is 13.2 Å². The second-order valence-electron chi connectivity index (χ2n) is 4.02. The summed E-state index contributed by atoms with van der Waals surface area (Å²) in [4.78, 5) is 2.01. The Morgan fingerprint density at radius 1 is 1.44 bits per heavy atom. The maximum absolute atomic E-state index is 5.43. The highest BCUT2D eigenvalue weighted by Gasteiger charge is 2.14. The van der Waals surface area contributed by atoms with Gasteiger partial charge >= 0.3 is 6.01 Å². The Labute approximate surface area is 95.8 Å². The van der Waals surface area contributed by atoms with Crippen LogP contribution in [0, 0.1) is 5.92 Å². The van der Waals surface area contributed by atoms with Crippen LogP contribution >= 0.6 is 0 Å². The van der Waals surface area contributed by atoms with Crippen molar-refractivity contribution in [3.8, 4) is 0 Å². The third kappa shape index (κ3) is 3.79. The first kappa shape index (κ1) is 12.9. The number of hydrogen-bond acceptors (Lipinski definition) is 6. The second-order valence-corrected chi connectivity index (χ2v) is 4.02. The van der Waals surface area contributed by atoms with Crippen LogP contribution in [0.2, 0.25) is 0 Å². The summed E-state index contributed by atoms with van der Waals surface area (Å²) in [6.45, 7) is 6.77. The van der Waals surface area contributed by atoms with Crippen molar-refractivity contribution in [2.75, 3.05) is 31.7 Å². The summed E-state index contributed by atoms with van der Waals surface area (Å²) in [5.74, 6) is 0.978. The van der Waals surface area contributed by atoms with Gasteiger partial charge in [-0.05, 0) is 5.92 Å². The van der Waals surface area contributed by atoms with Gasteiger partial charge in [0.25, 0.3) is 0 Å². The van der Waals surface area contributed by atoms with E-state index >= 15 is 0 Å². The average molecular weight is 228 g/mol. The molecule has 2 N–H and O–H groups in total. The quantitative estimate of drug-likeness (QED) is 0.737. The number of rotatable bonds is 7. The van der Waals surface area contributed by atoms with Crippen molar-refractivity contribution in [3.05, 3.63) is 5.89 Å². The molecule has 0 saturated heterocycles. The molecule has 0 fully saturated rings. The molecule has 6 heteroatoms. The lowest BCUT2D eigenvalue weighted by Crippen LogP contribution is -2.31. The van der Waals surface area contributed by atoms with Crippen LogP contribution in [0.1, 0.15) is 19.7 Å². The van der Waals surface area contributed by atoms with Crippen LogP contribution in [0.25, 0.3) is 0 Å². The number of methoxy groups -OCH3 is 1. The summed E-state index contributed by atoms with van der Waals surface area (Å²) in [6.07, 6.45) is 0. The van der Waals surface area contributed by atoms with Crippen LogP contribution in [0.5, 0.6) is 0 Å². The first-order valence-corrected chi connectivity index (χ1v) is 5.43. The zero-order valence-corrected chi connectivity index (χ0v) is 10.1. The van der Waals surface area contributed by atoms with Crippen LogP contribution in [0.4, 0.5) is 6.01 Å². The molecule has 0 aliphatic carbocycles. The maximum Gasteiger partial charge on any atom is 0.318 e. The molecule has 0 spiro atoms. The van der Waals surface area contributed by atoms with Crippen molar-refractivity contribution >= 4 is 6.01 Å². The van der Waals surface area contributed by atoms with E-state index in [4.69, 9.17) is 14.9 Å². The first-order valence-electron chi connectivity index (χ1n) is 5.43.